The molecule has 2 heteroatoms. The zero-order chi connectivity index (χ0) is 12.4. The number of fused-ring (bicyclic) bond motifs is 1. The highest BCUT2D eigenvalue weighted by atomic mass is 16.1. The Morgan fingerprint density at radius 2 is 1.56 bits per heavy atom. The molecule has 1 aromatic heterocycles. The predicted molar refractivity (Wildman–Crippen MR) is 70.9 cm³/mol. The molecule has 0 spiro atoms. The summed E-state index contributed by atoms with van der Waals surface area (Å²) in [5.74, 6) is 0. The number of aromatic nitrogens is 1. The van der Waals surface area contributed by atoms with E-state index in [1.807, 2.05) is 66.9 Å². The fraction of sp³-hybridized carbons (Fsp3) is 0. The first-order chi connectivity index (χ1) is 8.90. The minimum absolute atomic E-state index is 0.720. The van der Waals surface area contributed by atoms with Crippen LogP contribution in [0.3, 0.4) is 0 Å². The summed E-state index contributed by atoms with van der Waals surface area (Å²) in [5.41, 5.74) is 2.84. The van der Waals surface area contributed by atoms with Gasteiger partial charge in [0.25, 0.3) is 0 Å². The first-order valence-corrected chi connectivity index (χ1v) is 5.84. The maximum absolute atomic E-state index is 11.1. The van der Waals surface area contributed by atoms with Gasteiger partial charge in [-0.2, -0.15) is 4.57 Å². The van der Waals surface area contributed by atoms with Crippen molar-refractivity contribution in [2.24, 2.45) is 0 Å². The maximum atomic E-state index is 11.1. The predicted octanol–water partition coefficient (Wildman–Crippen LogP) is 2.93. The Bertz CT molecular complexity index is 705. The summed E-state index contributed by atoms with van der Waals surface area (Å²) >= 11 is 0. The molecule has 2 nitrogen and oxygen atoms in total. The molecule has 0 amide bonds. The van der Waals surface area contributed by atoms with Crippen molar-refractivity contribution >= 4 is 17.2 Å². The highest BCUT2D eigenvalue weighted by Crippen LogP contribution is 2.15. The molecule has 0 radical (unpaired) electrons. The van der Waals surface area contributed by atoms with Crippen molar-refractivity contribution in [2.45, 2.75) is 0 Å². The van der Waals surface area contributed by atoms with Crippen LogP contribution in [0.15, 0.2) is 66.9 Å². The Morgan fingerprint density at radius 1 is 0.833 bits per heavy atom. The number of carbonyl (C=O) groups excluding carboxylic acids is 1. The normalized spacial score (nSPS) is 10.4. The molecule has 0 atom stereocenters. The van der Waals surface area contributed by atoms with Gasteiger partial charge in [0, 0.05) is 29.8 Å². The topological polar surface area (TPSA) is 20.9 Å². The molecular formula is C16H12NO+. The van der Waals surface area contributed by atoms with Crippen LogP contribution >= 0.6 is 0 Å². The molecule has 0 unspecified atom stereocenters. The summed E-state index contributed by atoms with van der Waals surface area (Å²) in [6, 6.07) is 19.9. The van der Waals surface area contributed by atoms with E-state index >= 15 is 0 Å². The average Bonchev–Trinajstić information content (AvgIpc) is 2.47. The van der Waals surface area contributed by atoms with E-state index in [1.54, 1.807) is 0 Å². The minimum atomic E-state index is 0.720. The van der Waals surface area contributed by atoms with Gasteiger partial charge in [-0.05, 0) is 6.07 Å². The Hall–Kier alpha value is -2.48. The standard InChI is InChI=1S/C16H12NO/c18-12-13-10-11-17(14-6-2-1-3-7-14)16-9-5-4-8-15(13)16/h1-12H/q+1. The number of aldehydes is 1. The van der Waals surface area contributed by atoms with Crippen LogP contribution in [0.2, 0.25) is 0 Å². The van der Waals surface area contributed by atoms with Crippen LogP contribution in [0.5, 0.6) is 0 Å². The van der Waals surface area contributed by atoms with E-state index < -0.39 is 0 Å². The highest BCUT2D eigenvalue weighted by molar-refractivity contribution is 5.94. The van der Waals surface area contributed by atoms with E-state index in [0.29, 0.717) is 0 Å². The van der Waals surface area contributed by atoms with Crippen molar-refractivity contribution < 1.29 is 9.36 Å². The van der Waals surface area contributed by atoms with Gasteiger partial charge < -0.3 is 0 Å². The smallest absolute Gasteiger partial charge is 0.219 e. The Morgan fingerprint density at radius 3 is 2.33 bits per heavy atom. The molecule has 86 valence electrons. The lowest BCUT2D eigenvalue weighted by Gasteiger charge is -2.02. The molecule has 0 bridgehead atoms. The van der Waals surface area contributed by atoms with E-state index in [4.69, 9.17) is 0 Å². The van der Waals surface area contributed by atoms with E-state index in [9.17, 15) is 4.79 Å². The number of hydrogen-bond acceptors (Lipinski definition) is 1. The van der Waals surface area contributed by atoms with Crippen LogP contribution in [0, 0.1) is 0 Å². The SMILES string of the molecule is O=Cc1cc[n+](-c2ccccc2)c2ccccc12. The number of para-hydroxylation sites is 2. The Labute approximate surface area is 105 Å². The van der Waals surface area contributed by atoms with Crippen molar-refractivity contribution in [2.75, 3.05) is 0 Å². The van der Waals surface area contributed by atoms with Gasteiger partial charge in [0.05, 0.1) is 5.39 Å². The van der Waals surface area contributed by atoms with Crippen molar-refractivity contribution in [3.8, 4) is 5.69 Å². The summed E-state index contributed by atoms with van der Waals surface area (Å²) in [6.45, 7) is 0. The van der Waals surface area contributed by atoms with Crippen LogP contribution in [-0.2, 0) is 0 Å². The van der Waals surface area contributed by atoms with E-state index in [0.717, 1.165) is 28.4 Å². The second-order valence-corrected chi connectivity index (χ2v) is 4.11. The summed E-state index contributed by atoms with van der Waals surface area (Å²) in [6.07, 6.45) is 2.83. The molecule has 0 fully saturated rings. The van der Waals surface area contributed by atoms with E-state index in [1.165, 1.54) is 0 Å². The number of carbonyl (C=O) groups is 1. The number of benzene rings is 2. The quantitative estimate of drug-likeness (QED) is 0.493. The number of nitrogens with zero attached hydrogens (tertiary/aromatic N) is 1. The number of pyridine rings is 1. The minimum Gasteiger partial charge on any atom is -0.298 e. The van der Waals surface area contributed by atoms with Crippen LogP contribution < -0.4 is 4.57 Å². The largest absolute Gasteiger partial charge is 0.298 e. The third kappa shape index (κ3) is 1.68. The number of rotatable bonds is 2. The molecule has 18 heavy (non-hydrogen) atoms. The van der Waals surface area contributed by atoms with Crippen molar-refractivity contribution in [3.05, 3.63) is 72.4 Å². The third-order valence-corrected chi connectivity index (χ3v) is 3.04. The molecular weight excluding hydrogens is 222 g/mol. The van der Waals surface area contributed by atoms with Gasteiger partial charge in [-0.3, -0.25) is 4.79 Å². The van der Waals surface area contributed by atoms with Gasteiger partial charge in [0.2, 0.25) is 11.2 Å². The van der Waals surface area contributed by atoms with E-state index in [2.05, 4.69) is 4.57 Å². The summed E-state index contributed by atoms with van der Waals surface area (Å²) in [4.78, 5) is 11.1. The first-order valence-electron chi connectivity index (χ1n) is 5.84. The molecule has 0 aliphatic heterocycles. The van der Waals surface area contributed by atoms with Gasteiger partial charge in [-0.1, -0.05) is 30.3 Å². The van der Waals surface area contributed by atoms with Gasteiger partial charge in [0.1, 0.15) is 0 Å². The zero-order valence-corrected chi connectivity index (χ0v) is 9.78. The molecule has 0 saturated carbocycles. The second-order valence-electron chi connectivity index (χ2n) is 4.11. The molecule has 0 aliphatic rings. The van der Waals surface area contributed by atoms with Crippen LogP contribution in [0.4, 0.5) is 0 Å². The van der Waals surface area contributed by atoms with Gasteiger partial charge >= 0.3 is 0 Å². The zero-order valence-electron chi connectivity index (χ0n) is 9.78. The lowest BCUT2D eigenvalue weighted by atomic mass is 10.1. The molecule has 1 heterocycles. The summed E-state index contributed by atoms with van der Waals surface area (Å²) < 4.78 is 2.09. The maximum Gasteiger partial charge on any atom is 0.219 e. The highest BCUT2D eigenvalue weighted by Gasteiger charge is 2.13. The molecule has 0 saturated heterocycles. The third-order valence-electron chi connectivity index (χ3n) is 3.04. The van der Waals surface area contributed by atoms with E-state index in [-0.39, 0.29) is 0 Å². The van der Waals surface area contributed by atoms with Crippen molar-refractivity contribution in [1.29, 1.82) is 0 Å². The monoisotopic (exact) mass is 234 g/mol. The van der Waals surface area contributed by atoms with Crippen LogP contribution in [0.1, 0.15) is 10.4 Å². The van der Waals surface area contributed by atoms with Crippen LogP contribution in [0.25, 0.3) is 16.6 Å². The lowest BCUT2D eigenvalue weighted by molar-refractivity contribution is -0.567. The summed E-state index contributed by atoms with van der Waals surface area (Å²) in [7, 11) is 0. The van der Waals surface area contributed by atoms with Crippen LogP contribution in [-0.4, -0.2) is 6.29 Å². The Kier molecular flexibility index (Phi) is 2.61. The van der Waals surface area contributed by atoms with Gasteiger partial charge in [-0.15, -0.1) is 0 Å². The molecule has 0 aliphatic carbocycles. The number of hydrogen-bond donors (Lipinski definition) is 0. The van der Waals surface area contributed by atoms with Gasteiger partial charge in [0.15, 0.2) is 12.5 Å². The van der Waals surface area contributed by atoms with Gasteiger partial charge in [-0.25, -0.2) is 0 Å². The molecule has 0 N–H and O–H groups in total. The van der Waals surface area contributed by atoms with Crippen molar-refractivity contribution in [3.63, 3.8) is 0 Å². The fourth-order valence-corrected chi connectivity index (χ4v) is 2.17. The average molecular weight is 234 g/mol. The molecule has 2 aromatic carbocycles. The lowest BCUT2D eigenvalue weighted by Crippen LogP contribution is -2.31. The van der Waals surface area contributed by atoms with Crippen molar-refractivity contribution in [1.82, 2.24) is 0 Å². The molecule has 3 aromatic rings. The fourth-order valence-electron chi connectivity index (χ4n) is 2.17. The summed E-state index contributed by atoms with van der Waals surface area (Å²) in [5, 5.41) is 0.971. The Balaban J connectivity index is 2.35. The second kappa shape index (κ2) is 4.41. The molecule has 3 rings (SSSR count). The first kappa shape index (κ1) is 10.7.